The van der Waals surface area contributed by atoms with E-state index in [4.69, 9.17) is 10.5 Å². The first-order chi connectivity index (χ1) is 7.11. The summed E-state index contributed by atoms with van der Waals surface area (Å²) in [4.78, 5) is 8.24. The van der Waals surface area contributed by atoms with Crippen LogP contribution in [0, 0.1) is 0 Å². The van der Waals surface area contributed by atoms with Crippen molar-refractivity contribution in [2.24, 2.45) is 5.73 Å². The van der Waals surface area contributed by atoms with E-state index in [-0.39, 0.29) is 12.1 Å². The van der Waals surface area contributed by atoms with Crippen molar-refractivity contribution in [3.63, 3.8) is 0 Å². The van der Waals surface area contributed by atoms with Crippen LogP contribution in [-0.4, -0.2) is 29.2 Å². The summed E-state index contributed by atoms with van der Waals surface area (Å²) in [5.41, 5.74) is 5.70. The van der Waals surface area contributed by atoms with Gasteiger partial charge in [0.15, 0.2) is 0 Å². The van der Waals surface area contributed by atoms with Crippen molar-refractivity contribution in [3.8, 4) is 5.88 Å². The molecule has 0 radical (unpaired) electrons. The number of hydrogen-bond acceptors (Lipinski definition) is 5. The maximum atomic E-state index is 5.70. The molecule has 3 N–H and O–H groups in total. The Morgan fingerprint density at radius 2 is 2.27 bits per heavy atom. The summed E-state index contributed by atoms with van der Waals surface area (Å²) in [6.45, 7) is 4.02. The molecule has 0 aliphatic heterocycles. The lowest BCUT2D eigenvalue weighted by molar-refractivity contribution is 0.397. The fourth-order valence-corrected chi connectivity index (χ4v) is 1.36. The lowest BCUT2D eigenvalue weighted by Gasteiger charge is -2.15. The summed E-state index contributed by atoms with van der Waals surface area (Å²) >= 11 is 0. The molecule has 5 heteroatoms. The van der Waals surface area contributed by atoms with Crippen LogP contribution in [0.5, 0.6) is 5.88 Å². The number of methoxy groups -OCH3 is 1. The molecule has 1 heterocycles. The summed E-state index contributed by atoms with van der Waals surface area (Å²) in [6, 6.07) is 2.12. The molecule has 0 spiro atoms. The number of nitrogens with two attached hydrogens (primary N) is 1. The number of rotatable bonds is 5. The Kier molecular flexibility index (Phi) is 4.30. The predicted octanol–water partition coefficient (Wildman–Crippen LogP) is 1.02. The fourth-order valence-electron chi connectivity index (χ4n) is 1.36. The van der Waals surface area contributed by atoms with Gasteiger partial charge in [-0.1, -0.05) is 0 Å². The second kappa shape index (κ2) is 5.50. The zero-order valence-electron chi connectivity index (χ0n) is 9.40. The van der Waals surface area contributed by atoms with Gasteiger partial charge in [0.25, 0.3) is 0 Å². The summed E-state index contributed by atoms with van der Waals surface area (Å²) in [6.07, 6.45) is 2.54. The molecule has 84 valence electrons. The first-order valence-electron chi connectivity index (χ1n) is 5.01. The highest BCUT2D eigenvalue weighted by Crippen LogP contribution is 2.09. The number of nitrogens with zero attached hydrogens (tertiary/aromatic N) is 2. The Morgan fingerprint density at radius 3 is 2.87 bits per heavy atom. The van der Waals surface area contributed by atoms with Gasteiger partial charge in [-0.15, -0.1) is 0 Å². The van der Waals surface area contributed by atoms with Gasteiger partial charge in [-0.2, -0.15) is 4.98 Å². The van der Waals surface area contributed by atoms with Crippen LogP contribution in [0.1, 0.15) is 20.3 Å². The van der Waals surface area contributed by atoms with Gasteiger partial charge in [0.1, 0.15) is 0 Å². The van der Waals surface area contributed by atoms with Gasteiger partial charge >= 0.3 is 0 Å². The highest BCUT2D eigenvalue weighted by atomic mass is 16.5. The van der Waals surface area contributed by atoms with E-state index in [0.29, 0.717) is 11.8 Å². The molecule has 2 unspecified atom stereocenters. The van der Waals surface area contributed by atoms with Crippen LogP contribution in [0.25, 0.3) is 0 Å². The summed E-state index contributed by atoms with van der Waals surface area (Å²) < 4.78 is 5.00. The molecule has 2 atom stereocenters. The maximum absolute atomic E-state index is 5.70. The zero-order chi connectivity index (χ0) is 11.3. The molecule has 0 saturated carbocycles. The average Bonchev–Trinajstić information content (AvgIpc) is 2.16. The maximum Gasteiger partial charge on any atom is 0.226 e. The third-order valence-electron chi connectivity index (χ3n) is 1.94. The molecule has 5 nitrogen and oxygen atoms in total. The number of nitrogens with one attached hydrogen (secondary N) is 1. The molecular formula is C10H18N4O. The largest absolute Gasteiger partial charge is 0.481 e. The molecule has 0 amide bonds. The van der Waals surface area contributed by atoms with Crippen molar-refractivity contribution in [1.29, 1.82) is 0 Å². The van der Waals surface area contributed by atoms with E-state index >= 15 is 0 Å². The molecule has 0 saturated heterocycles. The van der Waals surface area contributed by atoms with E-state index in [1.54, 1.807) is 19.4 Å². The Hall–Kier alpha value is -1.36. The van der Waals surface area contributed by atoms with Gasteiger partial charge in [0.05, 0.1) is 7.11 Å². The molecule has 0 aromatic carbocycles. The van der Waals surface area contributed by atoms with E-state index in [1.165, 1.54) is 0 Å². The molecule has 1 rings (SSSR count). The van der Waals surface area contributed by atoms with Gasteiger partial charge in [0, 0.05) is 24.3 Å². The number of aromatic nitrogens is 2. The van der Waals surface area contributed by atoms with Gasteiger partial charge in [0.2, 0.25) is 11.8 Å². The average molecular weight is 210 g/mol. The van der Waals surface area contributed by atoms with Crippen molar-refractivity contribution in [2.45, 2.75) is 32.4 Å². The summed E-state index contributed by atoms with van der Waals surface area (Å²) in [7, 11) is 1.58. The summed E-state index contributed by atoms with van der Waals surface area (Å²) in [5.74, 6) is 1.13. The molecule has 0 aliphatic rings. The normalized spacial score (nSPS) is 14.4. The Morgan fingerprint density at radius 1 is 1.53 bits per heavy atom. The smallest absolute Gasteiger partial charge is 0.226 e. The third-order valence-corrected chi connectivity index (χ3v) is 1.94. The third kappa shape index (κ3) is 4.12. The highest BCUT2D eigenvalue weighted by Gasteiger charge is 2.06. The second-order valence-corrected chi connectivity index (χ2v) is 3.68. The van der Waals surface area contributed by atoms with Crippen LogP contribution in [0.3, 0.4) is 0 Å². The predicted molar refractivity (Wildman–Crippen MR) is 59.9 cm³/mol. The van der Waals surface area contributed by atoms with Gasteiger partial charge < -0.3 is 15.8 Å². The molecule has 1 aromatic heterocycles. The van der Waals surface area contributed by atoms with Crippen molar-refractivity contribution in [2.75, 3.05) is 12.4 Å². The van der Waals surface area contributed by atoms with E-state index < -0.39 is 0 Å². The van der Waals surface area contributed by atoms with Crippen LogP contribution in [0.2, 0.25) is 0 Å². The van der Waals surface area contributed by atoms with Crippen LogP contribution < -0.4 is 15.8 Å². The van der Waals surface area contributed by atoms with Crippen molar-refractivity contribution in [3.05, 3.63) is 12.3 Å². The Bertz CT molecular complexity index is 303. The minimum atomic E-state index is 0.165. The SMILES string of the molecule is COc1ccnc(NC(C)CC(C)N)n1. The highest BCUT2D eigenvalue weighted by molar-refractivity contribution is 5.28. The minimum absolute atomic E-state index is 0.165. The first kappa shape index (κ1) is 11.7. The molecular weight excluding hydrogens is 192 g/mol. The van der Waals surface area contributed by atoms with Crippen LogP contribution in [-0.2, 0) is 0 Å². The van der Waals surface area contributed by atoms with Crippen LogP contribution >= 0.6 is 0 Å². The lowest BCUT2D eigenvalue weighted by Crippen LogP contribution is -2.26. The van der Waals surface area contributed by atoms with E-state index in [2.05, 4.69) is 15.3 Å². The van der Waals surface area contributed by atoms with Gasteiger partial charge in [-0.05, 0) is 20.3 Å². The Labute approximate surface area is 90.1 Å². The van der Waals surface area contributed by atoms with Gasteiger partial charge in [-0.3, -0.25) is 0 Å². The quantitative estimate of drug-likeness (QED) is 0.759. The van der Waals surface area contributed by atoms with Crippen molar-refractivity contribution in [1.82, 2.24) is 9.97 Å². The number of ether oxygens (including phenoxy) is 1. The zero-order valence-corrected chi connectivity index (χ0v) is 9.40. The van der Waals surface area contributed by atoms with E-state index in [0.717, 1.165) is 6.42 Å². The monoisotopic (exact) mass is 210 g/mol. The molecule has 15 heavy (non-hydrogen) atoms. The standard InChI is InChI=1S/C10H18N4O/c1-7(11)6-8(2)13-10-12-5-4-9(14-10)15-3/h4-5,7-8H,6,11H2,1-3H3,(H,12,13,14). The van der Waals surface area contributed by atoms with E-state index in [9.17, 15) is 0 Å². The molecule has 1 aromatic rings. The fraction of sp³-hybridized carbons (Fsp3) is 0.600. The molecule has 0 aliphatic carbocycles. The number of anilines is 1. The van der Waals surface area contributed by atoms with Crippen molar-refractivity contribution < 1.29 is 4.74 Å². The Balaban J connectivity index is 2.55. The van der Waals surface area contributed by atoms with E-state index in [1.807, 2.05) is 13.8 Å². The van der Waals surface area contributed by atoms with Crippen LogP contribution in [0.4, 0.5) is 5.95 Å². The van der Waals surface area contributed by atoms with Gasteiger partial charge in [-0.25, -0.2) is 4.98 Å². The number of hydrogen-bond donors (Lipinski definition) is 2. The summed E-state index contributed by atoms with van der Waals surface area (Å²) in [5, 5.41) is 3.17. The molecule has 0 bridgehead atoms. The van der Waals surface area contributed by atoms with Crippen molar-refractivity contribution >= 4 is 5.95 Å². The molecule has 0 fully saturated rings. The topological polar surface area (TPSA) is 73.1 Å². The first-order valence-corrected chi connectivity index (χ1v) is 5.01. The minimum Gasteiger partial charge on any atom is -0.481 e. The van der Waals surface area contributed by atoms with Crippen LogP contribution in [0.15, 0.2) is 12.3 Å². The second-order valence-electron chi connectivity index (χ2n) is 3.68. The lowest BCUT2D eigenvalue weighted by atomic mass is 10.1.